The number of pyridine rings is 1. The maximum absolute atomic E-state index is 13.5. The molecule has 3 unspecified atom stereocenters. The van der Waals surface area contributed by atoms with E-state index in [2.05, 4.69) is 72.9 Å². The van der Waals surface area contributed by atoms with Gasteiger partial charge in [-0.2, -0.15) is 5.26 Å². The van der Waals surface area contributed by atoms with E-state index >= 15 is 0 Å². The lowest BCUT2D eigenvalue weighted by molar-refractivity contribution is -0.164. The monoisotopic (exact) mass is 848 g/mol. The van der Waals surface area contributed by atoms with E-state index in [-0.39, 0.29) is 59.4 Å². The number of piperidine rings is 2. The Hall–Kier alpha value is -5.52. The van der Waals surface area contributed by atoms with Gasteiger partial charge in [-0.3, -0.25) is 39.1 Å². The van der Waals surface area contributed by atoms with E-state index in [9.17, 15) is 29.2 Å². The van der Waals surface area contributed by atoms with Crippen molar-refractivity contribution in [1.29, 1.82) is 5.26 Å². The molecule has 320 valence electrons. The summed E-state index contributed by atoms with van der Waals surface area (Å²) in [4.78, 5) is 77.3. The molecule has 15 heteroatoms. The Bertz CT molecular complexity index is 2290. The predicted octanol–water partition coefficient (Wildman–Crippen LogP) is 5.44. The normalized spacial score (nSPS) is 26.3. The van der Waals surface area contributed by atoms with E-state index in [1.807, 2.05) is 18.2 Å². The summed E-state index contributed by atoms with van der Waals surface area (Å²) in [5.74, 6) is -0.211. The number of nitrogens with zero attached hydrogens (tertiary/aromatic N) is 6. The van der Waals surface area contributed by atoms with E-state index in [4.69, 9.17) is 21.3 Å². The number of nitrogens with one attached hydrogen (secondary N) is 2. The van der Waals surface area contributed by atoms with Crippen molar-refractivity contribution in [2.75, 3.05) is 42.5 Å². The molecule has 2 N–H and O–H groups in total. The van der Waals surface area contributed by atoms with Gasteiger partial charge in [0.2, 0.25) is 11.8 Å². The molecular formula is C46H53ClN8O6. The molecule has 4 fully saturated rings. The third-order valence-corrected chi connectivity index (χ3v) is 14.1. The van der Waals surface area contributed by atoms with Crippen LogP contribution in [0.2, 0.25) is 5.02 Å². The Morgan fingerprint density at radius 1 is 0.918 bits per heavy atom. The molecule has 5 heterocycles. The summed E-state index contributed by atoms with van der Waals surface area (Å²) in [7, 11) is 0. The molecular weight excluding hydrogens is 796 g/mol. The minimum Gasteiger partial charge on any atom is -0.489 e. The Balaban J connectivity index is 0.818. The predicted molar refractivity (Wildman–Crippen MR) is 230 cm³/mol. The van der Waals surface area contributed by atoms with Crippen molar-refractivity contribution in [2.24, 2.45) is 16.7 Å². The van der Waals surface area contributed by atoms with Gasteiger partial charge in [-0.25, -0.2) is 4.98 Å². The second-order valence-corrected chi connectivity index (χ2v) is 19.0. The molecule has 3 saturated heterocycles. The molecule has 1 aromatic heterocycles. The van der Waals surface area contributed by atoms with Gasteiger partial charge in [0.1, 0.15) is 29.8 Å². The molecule has 0 bridgehead atoms. The first-order valence-electron chi connectivity index (χ1n) is 21.2. The number of hydrogen-bond donors (Lipinski definition) is 2. The van der Waals surface area contributed by atoms with Crippen LogP contribution in [0.4, 0.5) is 11.5 Å². The minimum absolute atomic E-state index is 0.0832. The summed E-state index contributed by atoms with van der Waals surface area (Å²) in [5.41, 5.74) is 1.59. The first-order chi connectivity index (χ1) is 29.0. The zero-order valence-corrected chi connectivity index (χ0v) is 36.3. The number of anilines is 2. The Kier molecular flexibility index (Phi) is 11.1. The number of amides is 5. The summed E-state index contributed by atoms with van der Waals surface area (Å²) >= 11 is 6.26. The van der Waals surface area contributed by atoms with Crippen molar-refractivity contribution in [3.63, 3.8) is 0 Å². The second kappa shape index (κ2) is 16.1. The molecule has 0 radical (unpaired) electrons. The molecule has 0 spiro atoms. The maximum atomic E-state index is 13.5. The van der Waals surface area contributed by atoms with Crippen molar-refractivity contribution in [2.45, 2.75) is 97.5 Å². The number of piperazine rings is 1. The molecule has 1 saturated carbocycles. The van der Waals surface area contributed by atoms with Gasteiger partial charge in [0.05, 0.1) is 27.3 Å². The van der Waals surface area contributed by atoms with Gasteiger partial charge in [-0.05, 0) is 81.5 Å². The first kappa shape index (κ1) is 42.2. The smallest absolute Gasteiger partial charge is 0.262 e. The second-order valence-electron chi connectivity index (χ2n) is 18.6. The summed E-state index contributed by atoms with van der Waals surface area (Å²) in [6.45, 7) is 17.1. The molecule has 5 amide bonds. The van der Waals surface area contributed by atoms with E-state index in [0.717, 1.165) is 62.0 Å². The van der Waals surface area contributed by atoms with Crippen LogP contribution in [-0.2, 0) is 9.59 Å². The molecule has 3 atom stereocenters. The lowest BCUT2D eigenvalue weighted by Crippen LogP contribution is -2.74. The van der Waals surface area contributed by atoms with Crippen LogP contribution in [0.5, 0.6) is 5.75 Å². The van der Waals surface area contributed by atoms with Crippen LogP contribution >= 0.6 is 11.6 Å². The maximum Gasteiger partial charge on any atom is 0.262 e. The number of carbonyl (C=O) groups is 5. The van der Waals surface area contributed by atoms with Gasteiger partial charge in [0, 0.05) is 86.1 Å². The quantitative estimate of drug-likeness (QED) is 0.264. The number of ether oxygens (including phenoxy) is 1. The summed E-state index contributed by atoms with van der Waals surface area (Å²) in [6, 6.07) is 15.6. The minimum atomic E-state index is -0.988. The SMILES string of the molecule is CC1CN(c2ccc3c(c2)C(=O)N(C2CCC(=O)NC2=O)C3=O)CC(C)N1CC1CCN(c2ccc(C(=O)N[C@H]3C(C)(C)[C@H](Oc4ccc(C#N)c(Cl)c4)C3(C)C)cn2)CC1. The standard InChI is InChI=1S/C46H53ClN8O6/c1-26-23-53(31-9-11-33-34(19-31)42(60)55(41(33)59)36-12-14-38(56)50-40(36)58)24-27(2)54(26)25-28-15-17-52(18-16-28)37-13-8-30(22-49-37)39(57)51-43-45(3,4)44(46(43,5)6)61-32-10-7-29(21-48)35(47)20-32/h7-11,13,19-20,22,26-28,36,43-44H,12,14-18,23-25H2,1-6H3,(H,51,57)(H,50,56,58)/t26?,27?,36?,43-,44-. The van der Waals surface area contributed by atoms with Gasteiger partial charge >= 0.3 is 0 Å². The molecule has 2 aromatic carbocycles. The molecule has 14 nitrogen and oxygen atoms in total. The Morgan fingerprint density at radius 2 is 1.61 bits per heavy atom. The lowest BCUT2D eigenvalue weighted by atomic mass is 9.49. The largest absolute Gasteiger partial charge is 0.489 e. The van der Waals surface area contributed by atoms with Crippen molar-refractivity contribution in [3.05, 3.63) is 82.0 Å². The van der Waals surface area contributed by atoms with E-state index < -0.39 is 29.7 Å². The van der Waals surface area contributed by atoms with Crippen LogP contribution < -0.4 is 25.2 Å². The molecule has 1 aliphatic carbocycles. The van der Waals surface area contributed by atoms with E-state index in [0.29, 0.717) is 33.4 Å². The summed E-state index contributed by atoms with van der Waals surface area (Å²) in [6.07, 6.45) is 3.72. The summed E-state index contributed by atoms with van der Waals surface area (Å²) in [5, 5.41) is 15.1. The lowest BCUT2D eigenvalue weighted by Gasteiger charge is -2.63. The number of nitriles is 1. The van der Waals surface area contributed by atoms with Gasteiger partial charge in [-0.1, -0.05) is 39.3 Å². The van der Waals surface area contributed by atoms with Crippen LogP contribution in [0.1, 0.15) is 104 Å². The number of hydrogen-bond acceptors (Lipinski definition) is 11. The van der Waals surface area contributed by atoms with Crippen molar-refractivity contribution in [3.8, 4) is 11.8 Å². The number of rotatable bonds is 9. The van der Waals surface area contributed by atoms with Crippen LogP contribution in [-0.4, -0.2) is 107 Å². The fourth-order valence-corrected chi connectivity index (χ4v) is 11.0. The zero-order valence-electron chi connectivity index (χ0n) is 35.5. The van der Waals surface area contributed by atoms with E-state index in [1.54, 1.807) is 36.5 Å². The fourth-order valence-electron chi connectivity index (χ4n) is 10.7. The van der Waals surface area contributed by atoms with Gasteiger partial charge in [0.15, 0.2) is 0 Å². The average molecular weight is 849 g/mol. The third-order valence-electron chi connectivity index (χ3n) is 13.7. The first-order valence-corrected chi connectivity index (χ1v) is 21.6. The highest BCUT2D eigenvalue weighted by Crippen LogP contribution is 2.55. The number of fused-ring (bicyclic) bond motifs is 1. The zero-order chi connectivity index (χ0) is 43.5. The Labute approximate surface area is 361 Å². The van der Waals surface area contributed by atoms with Gasteiger partial charge < -0.3 is 19.9 Å². The van der Waals surface area contributed by atoms with Gasteiger partial charge in [0.25, 0.3) is 17.7 Å². The number of carbonyl (C=O) groups excluding carboxylic acids is 5. The number of benzene rings is 2. The molecule has 4 aliphatic heterocycles. The molecule has 3 aromatic rings. The fraction of sp³-hybridized carbons (Fsp3) is 0.500. The van der Waals surface area contributed by atoms with Crippen molar-refractivity contribution < 1.29 is 28.7 Å². The van der Waals surface area contributed by atoms with Crippen LogP contribution in [0.15, 0.2) is 54.7 Å². The topological polar surface area (TPSA) is 168 Å². The average Bonchev–Trinajstić information content (AvgIpc) is 3.48. The highest BCUT2D eigenvalue weighted by molar-refractivity contribution is 6.31. The number of imide groups is 2. The highest BCUT2D eigenvalue weighted by atomic mass is 35.5. The van der Waals surface area contributed by atoms with Crippen LogP contribution in [0, 0.1) is 28.1 Å². The van der Waals surface area contributed by atoms with Crippen molar-refractivity contribution in [1.82, 2.24) is 25.4 Å². The Morgan fingerprint density at radius 3 is 2.23 bits per heavy atom. The molecule has 8 rings (SSSR count). The highest BCUT2D eigenvalue weighted by Gasteiger charge is 2.64. The van der Waals surface area contributed by atoms with Crippen molar-refractivity contribution >= 4 is 52.6 Å². The molecule has 5 aliphatic rings. The van der Waals surface area contributed by atoms with Gasteiger partial charge in [-0.15, -0.1) is 0 Å². The number of aromatic nitrogens is 1. The van der Waals surface area contributed by atoms with Crippen LogP contribution in [0.3, 0.4) is 0 Å². The summed E-state index contributed by atoms with van der Waals surface area (Å²) < 4.78 is 6.38. The number of halogens is 1. The molecule has 61 heavy (non-hydrogen) atoms. The van der Waals surface area contributed by atoms with E-state index in [1.165, 1.54) is 0 Å². The third kappa shape index (κ3) is 7.71. The van der Waals surface area contributed by atoms with Crippen LogP contribution in [0.25, 0.3) is 0 Å².